The van der Waals surface area contributed by atoms with Crippen LogP contribution >= 0.6 is 24.0 Å². The van der Waals surface area contributed by atoms with E-state index in [1.807, 2.05) is 0 Å². The minimum atomic E-state index is -0.0974. The van der Waals surface area contributed by atoms with Gasteiger partial charge in [0.15, 0.2) is 5.96 Å². The van der Waals surface area contributed by atoms with E-state index in [-0.39, 0.29) is 47.0 Å². The molecule has 3 unspecified atom stereocenters. The fraction of sp³-hybridized carbons (Fsp3) is 0.905. The first-order valence-corrected chi connectivity index (χ1v) is 10.7. The molecule has 3 aliphatic rings. The Kier molecular flexibility index (Phi) is 8.04. The summed E-state index contributed by atoms with van der Waals surface area (Å²) in [4.78, 5) is 19.4. The standard InChI is InChI=1S/C21H38N4O2.HI/c1-6-22-19(24-17-13-21(4,27-5)20(17,2)3)23-16-11-12-25(14-16)18(26)15-9-7-8-10-15;/h15-17H,6-14H2,1-5H3,(H2,22,23,24);1H. The first-order chi connectivity index (χ1) is 12.8. The number of carbonyl (C=O) groups excluding carboxylic acids is 1. The lowest BCUT2D eigenvalue weighted by Crippen LogP contribution is -2.69. The summed E-state index contributed by atoms with van der Waals surface area (Å²) in [6.45, 7) is 11.1. The number of hydrogen-bond acceptors (Lipinski definition) is 3. The number of carbonyl (C=O) groups is 1. The van der Waals surface area contributed by atoms with E-state index in [2.05, 4.69) is 48.2 Å². The predicted molar refractivity (Wildman–Crippen MR) is 124 cm³/mol. The van der Waals surface area contributed by atoms with Crippen LogP contribution in [0.2, 0.25) is 0 Å². The van der Waals surface area contributed by atoms with Crippen molar-refractivity contribution in [2.75, 3.05) is 26.7 Å². The second-order valence-corrected chi connectivity index (χ2v) is 9.28. The molecule has 7 heteroatoms. The summed E-state index contributed by atoms with van der Waals surface area (Å²) in [5.41, 5.74) is -0.0576. The van der Waals surface area contributed by atoms with Crippen LogP contribution in [0.25, 0.3) is 0 Å². The van der Waals surface area contributed by atoms with E-state index >= 15 is 0 Å². The predicted octanol–water partition coefficient (Wildman–Crippen LogP) is 3.15. The molecule has 1 heterocycles. The lowest BCUT2D eigenvalue weighted by Gasteiger charge is -2.59. The Bertz CT molecular complexity index is 577. The van der Waals surface area contributed by atoms with E-state index in [0.717, 1.165) is 51.3 Å². The molecule has 28 heavy (non-hydrogen) atoms. The van der Waals surface area contributed by atoms with Gasteiger partial charge in [0.1, 0.15) is 0 Å². The number of ether oxygens (including phenoxy) is 1. The number of aliphatic imine (C=N–C) groups is 1. The van der Waals surface area contributed by atoms with Crippen LogP contribution in [-0.4, -0.2) is 61.2 Å². The lowest BCUT2D eigenvalue weighted by molar-refractivity contribution is -0.176. The number of amides is 1. The van der Waals surface area contributed by atoms with Gasteiger partial charge < -0.3 is 20.3 Å². The average Bonchev–Trinajstić information content (AvgIpc) is 3.32. The van der Waals surface area contributed by atoms with Gasteiger partial charge in [0.2, 0.25) is 5.91 Å². The highest BCUT2D eigenvalue weighted by atomic mass is 127. The summed E-state index contributed by atoms with van der Waals surface area (Å²) in [5.74, 6) is 1.51. The summed E-state index contributed by atoms with van der Waals surface area (Å²) in [6, 6.07) is 0.614. The van der Waals surface area contributed by atoms with Crippen molar-refractivity contribution in [2.24, 2.45) is 16.3 Å². The Morgan fingerprint density at radius 2 is 1.86 bits per heavy atom. The molecule has 1 aliphatic heterocycles. The molecule has 162 valence electrons. The molecule has 0 aromatic heterocycles. The second kappa shape index (κ2) is 9.49. The molecule has 3 rings (SSSR count). The number of methoxy groups -OCH3 is 1. The van der Waals surface area contributed by atoms with Crippen molar-refractivity contribution >= 4 is 35.8 Å². The Balaban J connectivity index is 0.00000280. The van der Waals surface area contributed by atoms with Crippen LogP contribution in [-0.2, 0) is 9.53 Å². The summed E-state index contributed by atoms with van der Waals surface area (Å²) in [6.07, 6.45) is 6.53. The Labute approximate surface area is 187 Å². The summed E-state index contributed by atoms with van der Waals surface area (Å²) < 4.78 is 5.74. The maximum Gasteiger partial charge on any atom is 0.225 e. The zero-order chi connectivity index (χ0) is 19.7. The van der Waals surface area contributed by atoms with Gasteiger partial charge in [-0.05, 0) is 39.5 Å². The van der Waals surface area contributed by atoms with E-state index in [0.29, 0.717) is 11.9 Å². The SMILES string of the molecule is CCN=C(NC1CCN(C(=O)C2CCCC2)C1)NC1CC(C)(OC)C1(C)C.I. The maximum atomic E-state index is 12.7. The molecule has 0 radical (unpaired) electrons. The largest absolute Gasteiger partial charge is 0.378 e. The molecule has 3 fully saturated rings. The van der Waals surface area contributed by atoms with E-state index < -0.39 is 0 Å². The Morgan fingerprint density at radius 3 is 2.43 bits per heavy atom. The van der Waals surface area contributed by atoms with Crippen molar-refractivity contribution in [3.05, 3.63) is 0 Å². The van der Waals surface area contributed by atoms with Crippen LogP contribution in [0, 0.1) is 11.3 Å². The molecule has 6 nitrogen and oxygen atoms in total. The van der Waals surface area contributed by atoms with Gasteiger partial charge in [0, 0.05) is 50.2 Å². The first-order valence-electron chi connectivity index (χ1n) is 10.7. The number of hydrogen-bond donors (Lipinski definition) is 2. The molecule has 1 amide bonds. The summed E-state index contributed by atoms with van der Waals surface area (Å²) in [7, 11) is 1.80. The van der Waals surface area contributed by atoms with Gasteiger partial charge in [-0.15, -0.1) is 24.0 Å². The zero-order valence-corrected chi connectivity index (χ0v) is 20.5. The molecule has 3 atom stereocenters. The highest BCUT2D eigenvalue weighted by Gasteiger charge is 2.58. The van der Waals surface area contributed by atoms with Crippen LogP contribution < -0.4 is 10.6 Å². The average molecular weight is 506 g/mol. The number of nitrogens with zero attached hydrogens (tertiary/aromatic N) is 2. The van der Waals surface area contributed by atoms with Crippen molar-refractivity contribution in [2.45, 2.75) is 83.9 Å². The van der Waals surface area contributed by atoms with Gasteiger partial charge in [-0.25, -0.2) is 0 Å². The smallest absolute Gasteiger partial charge is 0.225 e. The van der Waals surface area contributed by atoms with Crippen LogP contribution in [0.15, 0.2) is 4.99 Å². The van der Waals surface area contributed by atoms with Crippen LogP contribution in [0.5, 0.6) is 0 Å². The van der Waals surface area contributed by atoms with Gasteiger partial charge in [-0.2, -0.15) is 0 Å². The van der Waals surface area contributed by atoms with Crippen molar-refractivity contribution in [3.8, 4) is 0 Å². The molecule has 0 bridgehead atoms. The van der Waals surface area contributed by atoms with Crippen molar-refractivity contribution < 1.29 is 9.53 Å². The van der Waals surface area contributed by atoms with Gasteiger partial charge in [0.05, 0.1) is 5.60 Å². The number of rotatable bonds is 5. The van der Waals surface area contributed by atoms with E-state index in [4.69, 9.17) is 4.74 Å². The van der Waals surface area contributed by atoms with Crippen LogP contribution in [0.3, 0.4) is 0 Å². The Morgan fingerprint density at radius 1 is 1.18 bits per heavy atom. The van der Waals surface area contributed by atoms with Crippen LogP contribution in [0.1, 0.15) is 66.2 Å². The minimum Gasteiger partial charge on any atom is -0.378 e. The molecule has 2 aliphatic carbocycles. The van der Waals surface area contributed by atoms with Crippen LogP contribution in [0.4, 0.5) is 0 Å². The zero-order valence-electron chi connectivity index (χ0n) is 18.2. The fourth-order valence-corrected chi connectivity index (χ4v) is 4.88. The number of guanidine groups is 1. The van der Waals surface area contributed by atoms with Gasteiger partial charge in [0.25, 0.3) is 0 Å². The Hall–Kier alpha value is -0.570. The third kappa shape index (κ3) is 4.60. The van der Waals surface area contributed by atoms with E-state index in [1.54, 1.807) is 7.11 Å². The molecule has 0 spiro atoms. The summed E-state index contributed by atoms with van der Waals surface area (Å²) in [5, 5.41) is 7.19. The highest BCUT2D eigenvalue weighted by Crippen LogP contribution is 2.51. The van der Waals surface area contributed by atoms with E-state index in [9.17, 15) is 4.79 Å². The van der Waals surface area contributed by atoms with Gasteiger partial charge in [-0.3, -0.25) is 9.79 Å². The van der Waals surface area contributed by atoms with Crippen molar-refractivity contribution in [3.63, 3.8) is 0 Å². The third-order valence-electron chi connectivity index (χ3n) is 7.45. The minimum absolute atomic E-state index is 0. The fourth-order valence-electron chi connectivity index (χ4n) is 4.88. The van der Waals surface area contributed by atoms with Gasteiger partial charge >= 0.3 is 0 Å². The molecule has 0 aromatic rings. The molecular weight excluding hydrogens is 467 g/mol. The number of nitrogens with one attached hydrogen (secondary N) is 2. The van der Waals surface area contributed by atoms with Crippen molar-refractivity contribution in [1.29, 1.82) is 0 Å². The lowest BCUT2D eigenvalue weighted by atomic mass is 9.56. The molecular formula is C21H39IN4O2. The number of likely N-dealkylation sites (tertiary alicyclic amines) is 1. The second-order valence-electron chi connectivity index (χ2n) is 9.28. The number of halogens is 1. The van der Waals surface area contributed by atoms with Crippen molar-refractivity contribution in [1.82, 2.24) is 15.5 Å². The normalized spacial score (nSPS) is 32.6. The molecule has 2 saturated carbocycles. The van der Waals surface area contributed by atoms with Gasteiger partial charge in [-0.1, -0.05) is 26.7 Å². The third-order valence-corrected chi connectivity index (χ3v) is 7.45. The molecule has 1 saturated heterocycles. The monoisotopic (exact) mass is 506 g/mol. The summed E-state index contributed by atoms with van der Waals surface area (Å²) >= 11 is 0. The quantitative estimate of drug-likeness (QED) is 0.342. The molecule has 2 N–H and O–H groups in total. The topological polar surface area (TPSA) is 66.0 Å². The first kappa shape index (κ1) is 23.7. The highest BCUT2D eigenvalue weighted by molar-refractivity contribution is 14.0. The molecule has 0 aromatic carbocycles. The maximum absolute atomic E-state index is 12.7. The van der Waals surface area contributed by atoms with E-state index in [1.165, 1.54) is 12.8 Å².